The predicted molar refractivity (Wildman–Crippen MR) is 84.2 cm³/mol. The van der Waals surface area contributed by atoms with Crippen LogP contribution in [0.3, 0.4) is 0 Å². The summed E-state index contributed by atoms with van der Waals surface area (Å²) >= 11 is 1.53. The lowest BCUT2D eigenvalue weighted by Crippen LogP contribution is -2.00. The van der Waals surface area contributed by atoms with Crippen LogP contribution in [-0.2, 0) is 6.54 Å². The Kier molecular flexibility index (Phi) is 2.97. The number of hydrogen-bond acceptors (Lipinski definition) is 4. The van der Waals surface area contributed by atoms with Gasteiger partial charge in [0.25, 0.3) is 0 Å². The van der Waals surface area contributed by atoms with Crippen molar-refractivity contribution in [2.75, 3.05) is 0 Å². The monoisotopic (exact) mass is 292 g/mol. The van der Waals surface area contributed by atoms with Crippen molar-refractivity contribution < 1.29 is 0 Å². The van der Waals surface area contributed by atoms with Gasteiger partial charge in [0.05, 0.1) is 16.9 Å². The van der Waals surface area contributed by atoms with Crippen molar-refractivity contribution in [1.82, 2.24) is 19.1 Å². The summed E-state index contributed by atoms with van der Waals surface area (Å²) in [5, 5.41) is 5.34. The summed E-state index contributed by atoms with van der Waals surface area (Å²) in [7, 11) is 0. The first-order chi connectivity index (χ1) is 10.4. The first-order valence-electron chi connectivity index (χ1n) is 6.66. The molecule has 4 nitrogen and oxygen atoms in total. The van der Waals surface area contributed by atoms with E-state index in [0.29, 0.717) is 6.54 Å². The average Bonchev–Trinajstić information content (AvgIpc) is 3.19. The smallest absolute Gasteiger partial charge is 0.137 e. The summed E-state index contributed by atoms with van der Waals surface area (Å²) in [4.78, 5) is 3.98. The second-order valence-corrected chi connectivity index (χ2v) is 5.60. The highest BCUT2D eigenvalue weighted by molar-refractivity contribution is 7.13. The molecule has 0 N–H and O–H groups in total. The number of benzene rings is 2. The van der Waals surface area contributed by atoms with Gasteiger partial charge in [0.15, 0.2) is 0 Å². The first-order valence-corrected chi connectivity index (χ1v) is 7.43. The lowest BCUT2D eigenvalue weighted by molar-refractivity contribution is 0.679. The SMILES string of the molecule is c1ccc(-c2ccc3snc(Cn4cncn4)c3c2)cc1. The predicted octanol–water partition coefficient (Wildman–Crippen LogP) is 3.60. The van der Waals surface area contributed by atoms with Gasteiger partial charge < -0.3 is 0 Å². The first kappa shape index (κ1) is 12.2. The molecule has 0 atom stereocenters. The summed E-state index contributed by atoms with van der Waals surface area (Å²) in [6.45, 7) is 0.651. The molecule has 2 aromatic carbocycles. The number of hydrogen-bond donors (Lipinski definition) is 0. The minimum Gasteiger partial charge on any atom is -0.247 e. The fourth-order valence-electron chi connectivity index (χ4n) is 2.38. The van der Waals surface area contributed by atoms with Crippen molar-refractivity contribution in [3.8, 4) is 11.1 Å². The molecule has 0 aliphatic carbocycles. The van der Waals surface area contributed by atoms with Crippen LogP contribution in [0.4, 0.5) is 0 Å². The van der Waals surface area contributed by atoms with Gasteiger partial charge in [-0.05, 0) is 34.8 Å². The molecule has 0 unspecified atom stereocenters. The molecule has 21 heavy (non-hydrogen) atoms. The van der Waals surface area contributed by atoms with Crippen LogP contribution in [-0.4, -0.2) is 19.1 Å². The summed E-state index contributed by atoms with van der Waals surface area (Å²) < 4.78 is 7.55. The van der Waals surface area contributed by atoms with E-state index in [4.69, 9.17) is 0 Å². The van der Waals surface area contributed by atoms with Crippen LogP contribution in [0.25, 0.3) is 21.2 Å². The maximum Gasteiger partial charge on any atom is 0.137 e. The zero-order valence-electron chi connectivity index (χ0n) is 11.2. The zero-order valence-corrected chi connectivity index (χ0v) is 12.0. The minimum atomic E-state index is 0.651. The van der Waals surface area contributed by atoms with Crippen molar-refractivity contribution in [2.24, 2.45) is 0 Å². The highest BCUT2D eigenvalue weighted by atomic mass is 32.1. The van der Waals surface area contributed by atoms with Gasteiger partial charge >= 0.3 is 0 Å². The average molecular weight is 292 g/mol. The van der Waals surface area contributed by atoms with Crippen molar-refractivity contribution in [2.45, 2.75) is 6.54 Å². The Morgan fingerprint density at radius 1 is 1.00 bits per heavy atom. The van der Waals surface area contributed by atoms with Crippen LogP contribution in [0.2, 0.25) is 0 Å². The quantitative estimate of drug-likeness (QED) is 0.579. The molecule has 2 heterocycles. The zero-order chi connectivity index (χ0) is 14.1. The second-order valence-electron chi connectivity index (χ2n) is 4.80. The molecular weight excluding hydrogens is 280 g/mol. The van der Waals surface area contributed by atoms with E-state index < -0.39 is 0 Å². The third-order valence-electron chi connectivity index (χ3n) is 3.43. The number of rotatable bonds is 3. The van der Waals surface area contributed by atoms with Crippen LogP contribution in [0, 0.1) is 0 Å². The van der Waals surface area contributed by atoms with Gasteiger partial charge in [-0.2, -0.15) is 9.47 Å². The van der Waals surface area contributed by atoms with Crippen molar-refractivity contribution in [1.29, 1.82) is 0 Å². The Morgan fingerprint density at radius 3 is 2.71 bits per heavy atom. The highest BCUT2D eigenvalue weighted by Crippen LogP contribution is 2.29. The Balaban J connectivity index is 1.79. The Labute approximate surface area is 125 Å². The molecule has 5 heteroatoms. The fraction of sp³-hybridized carbons (Fsp3) is 0.0625. The Morgan fingerprint density at radius 2 is 1.90 bits per heavy atom. The van der Waals surface area contributed by atoms with Crippen LogP contribution < -0.4 is 0 Å². The van der Waals surface area contributed by atoms with Gasteiger partial charge in [-0.25, -0.2) is 9.67 Å². The van der Waals surface area contributed by atoms with Crippen LogP contribution in [0.1, 0.15) is 5.69 Å². The van der Waals surface area contributed by atoms with Gasteiger partial charge in [-0.1, -0.05) is 36.4 Å². The second kappa shape index (κ2) is 5.10. The standard InChI is InChI=1S/C16H12N4S/c1-2-4-12(5-3-1)13-6-7-16-14(8-13)15(19-21-16)9-20-11-17-10-18-20/h1-8,10-11H,9H2. The lowest BCUT2D eigenvalue weighted by Gasteiger charge is -2.03. The van der Waals surface area contributed by atoms with Gasteiger partial charge in [-0.15, -0.1) is 0 Å². The van der Waals surface area contributed by atoms with E-state index >= 15 is 0 Å². The molecule has 4 aromatic rings. The lowest BCUT2D eigenvalue weighted by atomic mass is 10.0. The van der Waals surface area contributed by atoms with Crippen LogP contribution in [0.15, 0.2) is 61.2 Å². The third kappa shape index (κ3) is 2.32. The fourth-order valence-corrected chi connectivity index (χ4v) is 3.15. The van der Waals surface area contributed by atoms with Gasteiger partial charge in [0.2, 0.25) is 0 Å². The van der Waals surface area contributed by atoms with E-state index in [9.17, 15) is 0 Å². The molecule has 0 aliphatic heterocycles. The summed E-state index contributed by atoms with van der Waals surface area (Å²) in [6, 6.07) is 16.9. The van der Waals surface area contributed by atoms with Gasteiger partial charge in [0.1, 0.15) is 12.7 Å². The molecule has 4 rings (SSSR count). The van der Waals surface area contributed by atoms with Crippen molar-refractivity contribution >= 4 is 21.6 Å². The molecule has 0 aliphatic rings. The Bertz CT molecular complexity index is 866. The molecule has 0 radical (unpaired) electrons. The topological polar surface area (TPSA) is 43.6 Å². The largest absolute Gasteiger partial charge is 0.247 e. The molecule has 2 aromatic heterocycles. The third-order valence-corrected chi connectivity index (χ3v) is 4.29. The van der Waals surface area contributed by atoms with Gasteiger partial charge in [-0.3, -0.25) is 0 Å². The van der Waals surface area contributed by atoms with Crippen molar-refractivity contribution in [3.63, 3.8) is 0 Å². The number of fused-ring (bicyclic) bond motifs is 1. The van der Waals surface area contributed by atoms with E-state index in [1.54, 1.807) is 17.3 Å². The van der Waals surface area contributed by atoms with E-state index in [-0.39, 0.29) is 0 Å². The molecule has 102 valence electrons. The van der Waals surface area contributed by atoms with Crippen molar-refractivity contribution in [3.05, 3.63) is 66.9 Å². The van der Waals surface area contributed by atoms with Crippen LogP contribution in [0.5, 0.6) is 0 Å². The Hall–Kier alpha value is -2.53. The van der Waals surface area contributed by atoms with Crippen LogP contribution >= 0.6 is 11.5 Å². The van der Waals surface area contributed by atoms with E-state index in [1.807, 2.05) is 6.07 Å². The van der Waals surface area contributed by atoms with E-state index in [1.165, 1.54) is 32.7 Å². The number of aromatic nitrogens is 4. The molecule has 0 saturated carbocycles. The molecule has 0 saturated heterocycles. The van der Waals surface area contributed by atoms with E-state index in [2.05, 4.69) is 56.9 Å². The molecular formula is C16H12N4S. The van der Waals surface area contributed by atoms with Gasteiger partial charge in [0, 0.05) is 5.39 Å². The molecule has 0 fully saturated rings. The molecule has 0 bridgehead atoms. The summed E-state index contributed by atoms with van der Waals surface area (Å²) in [5.41, 5.74) is 3.47. The maximum absolute atomic E-state index is 4.56. The maximum atomic E-state index is 4.56. The minimum absolute atomic E-state index is 0.651. The molecule has 0 spiro atoms. The summed E-state index contributed by atoms with van der Waals surface area (Å²) in [5.74, 6) is 0. The molecule has 0 amide bonds. The van der Waals surface area contributed by atoms with E-state index in [0.717, 1.165) is 5.69 Å². The number of nitrogens with zero attached hydrogens (tertiary/aromatic N) is 4. The summed E-state index contributed by atoms with van der Waals surface area (Å²) in [6.07, 6.45) is 3.26. The highest BCUT2D eigenvalue weighted by Gasteiger charge is 2.09. The normalized spacial score (nSPS) is 11.0.